The van der Waals surface area contributed by atoms with Crippen LogP contribution in [0.3, 0.4) is 0 Å². The minimum atomic E-state index is -4.87. The highest BCUT2D eigenvalue weighted by molar-refractivity contribution is 7.92. The van der Waals surface area contributed by atoms with Crippen LogP contribution in [0.1, 0.15) is 0 Å². The summed E-state index contributed by atoms with van der Waals surface area (Å²) >= 11 is 0. The molecule has 0 bridgehead atoms. The zero-order chi connectivity index (χ0) is 15.8. The van der Waals surface area contributed by atoms with Crippen molar-refractivity contribution in [2.45, 2.75) is 5.03 Å². The molecule has 1 aromatic heterocycles. The highest BCUT2D eigenvalue weighted by atomic mass is 32.2. The van der Waals surface area contributed by atoms with Gasteiger partial charge in [-0.1, -0.05) is 0 Å². The van der Waals surface area contributed by atoms with E-state index >= 15 is 0 Å². The normalized spacial score (nSPS) is 11.5. The summed E-state index contributed by atoms with van der Waals surface area (Å²) in [5, 5.41) is -1.17. The summed E-state index contributed by atoms with van der Waals surface area (Å²) < 4.78 is 90.8. The Labute approximate surface area is 115 Å². The maximum Gasteiger partial charge on any atom is 0.282 e. The third-order valence-electron chi connectivity index (χ3n) is 2.33. The van der Waals surface area contributed by atoms with Gasteiger partial charge in [0, 0.05) is 12.3 Å². The lowest BCUT2D eigenvalue weighted by atomic mass is 10.3. The fourth-order valence-corrected chi connectivity index (χ4v) is 2.48. The van der Waals surface area contributed by atoms with Crippen molar-refractivity contribution in [2.24, 2.45) is 0 Å². The van der Waals surface area contributed by atoms with Crippen molar-refractivity contribution in [3.8, 4) is 0 Å². The fraction of sp³-hybridized carbons (Fsp3) is 0. The summed E-state index contributed by atoms with van der Waals surface area (Å²) in [4.78, 5) is 3.19. The van der Waals surface area contributed by atoms with E-state index in [0.717, 1.165) is 18.3 Å². The van der Waals surface area contributed by atoms with Crippen molar-refractivity contribution in [2.75, 3.05) is 4.72 Å². The number of aromatic nitrogens is 1. The van der Waals surface area contributed by atoms with Crippen molar-refractivity contribution in [1.29, 1.82) is 0 Å². The van der Waals surface area contributed by atoms with Crippen molar-refractivity contribution >= 4 is 15.7 Å². The molecule has 0 atom stereocenters. The number of benzene rings is 1. The largest absolute Gasteiger partial charge is 0.282 e. The van der Waals surface area contributed by atoms with Crippen molar-refractivity contribution < 1.29 is 30.4 Å². The summed E-state index contributed by atoms with van der Waals surface area (Å²) in [6.07, 6.45) is 0.913. The molecule has 1 heterocycles. The van der Waals surface area contributed by atoms with E-state index in [9.17, 15) is 30.4 Å². The van der Waals surface area contributed by atoms with Gasteiger partial charge in [0.15, 0.2) is 29.1 Å². The summed E-state index contributed by atoms with van der Waals surface area (Å²) in [5.41, 5.74) is -1.60. The molecule has 0 amide bonds. The maximum atomic E-state index is 13.4. The first-order chi connectivity index (χ1) is 9.74. The van der Waals surface area contributed by atoms with Gasteiger partial charge in [0.05, 0.1) is 0 Å². The molecule has 21 heavy (non-hydrogen) atoms. The number of nitrogens with zero attached hydrogens (tertiary/aromatic N) is 1. The van der Waals surface area contributed by atoms with E-state index in [1.807, 2.05) is 0 Å². The number of pyridine rings is 1. The summed E-state index contributed by atoms with van der Waals surface area (Å²) in [5.74, 6) is -8.86. The Kier molecular flexibility index (Phi) is 3.81. The van der Waals surface area contributed by atoms with Crippen molar-refractivity contribution in [3.63, 3.8) is 0 Å². The molecule has 2 aromatic rings. The van der Waals surface area contributed by atoms with Gasteiger partial charge in [-0.05, 0) is 12.1 Å². The molecule has 0 saturated heterocycles. The zero-order valence-electron chi connectivity index (χ0n) is 9.87. The van der Waals surface area contributed by atoms with Crippen LogP contribution in [0.25, 0.3) is 0 Å². The Bertz CT molecular complexity index is 784. The number of hydrogen-bond acceptors (Lipinski definition) is 3. The van der Waals surface area contributed by atoms with Crippen LogP contribution < -0.4 is 4.72 Å². The summed E-state index contributed by atoms with van der Waals surface area (Å²) in [7, 11) is -4.87. The second kappa shape index (κ2) is 5.28. The van der Waals surface area contributed by atoms with Gasteiger partial charge in [-0.2, -0.15) is 8.42 Å². The average Bonchev–Trinajstić information content (AvgIpc) is 2.42. The number of hydrogen-bond donors (Lipinski definition) is 1. The van der Waals surface area contributed by atoms with E-state index in [2.05, 4.69) is 4.98 Å². The van der Waals surface area contributed by atoms with Gasteiger partial charge < -0.3 is 0 Å². The van der Waals surface area contributed by atoms with E-state index in [0.29, 0.717) is 0 Å². The first kappa shape index (κ1) is 15.2. The molecular weight excluding hydrogens is 319 g/mol. The highest BCUT2D eigenvalue weighted by Crippen LogP contribution is 2.26. The molecule has 0 radical (unpaired) electrons. The fourth-order valence-electron chi connectivity index (χ4n) is 1.41. The number of halogens is 5. The lowest BCUT2D eigenvalue weighted by Gasteiger charge is -2.10. The molecule has 1 aromatic carbocycles. The Morgan fingerprint density at radius 1 is 0.952 bits per heavy atom. The second-order valence-corrected chi connectivity index (χ2v) is 5.34. The number of rotatable bonds is 3. The lowest BCUT2D eigenvalue weighted by Crippen LogP contribution is -2.19. The first-order valence-corrected chi connectivity index (χ1v) is 6.68. The summed E-state index contributed by atoms with van der Waals surface area (Å²) in [6.45, 7) is 0. The van der Waals surface area contributed by atoms with E-state index in [1.165, 1.54) is 4.72 Å². The molecule has 0 aliphatic heterocycles. The Morgan fingerprint density at radius 2 is 1.52 bits per heavy atom. The second-order valence-electron chi connectivity index (χ2n) is 3.74. The minimum Gasteiger partial charge on any atom is -0.272 e. The third-order valence-corrected chi connectivity index (χ3v) is 3.61. The van der Waals surface area contributed by atoms with Gasteiger partial charge in [-0.3, -0.25) is 4.72 Å². The van der Waals surface area contributed by atoms with Crippen molar-refractivity contribution in [1.82, 2.24) is 4.98 Å². The van der Waals surface area contributed by atoms with Crippen LogP contribution in [0.2, 0.25) is 0 Å². The molecule has 0 fully saturated rings. The summed E-state index contributed by atoms with van der Waals surface area (Å²) in [6, 6.07) is 1.72. The predicted octanol–water partition coefficient (Wildman–Crippen LogP) is 2.58. The molecule has 10 heteroatoms. The minimum absolute atomic E-state index is 0.0934. The molecular formula is C11H5F5N2O2S. The van der Waals surface area contributed by atoms with E-state index in [4.69, 9.17) is 0 Å². The van der Waals surface area contributed by atoms with Gasteiger partial charge in [-0.15, -0.1) is 0 Å². The molecule has 0 unspecified atom stereocenters. The molecule has 4 nitrogen and oxygen atoms in total. The molecule has 0 aliphatic rings. The Balaban J connectivity index is 2.55. The van der Waals surface area contributed by atoms with Crippen LogP contribution in [-0.2, 0) is 10.0 Å². The SMILES string of the molecule is O=S(=O)(Nc1c(F)c(F)cc(F)c1F)c1ncccc1F. The van der Waals surface area contributed by atoms with Gasteiger partial charge >= 0.3 is 0 Å². The standard InChI is InChI=1S/C11H5F5N2O2S/c12-5-2-1-3-17-11(5)21(19,20)18-10-8(15)6(13)4-7(14)9(10)16/h1-4,18H. The number of anilines is 1. The maximum absolute atomic E-state index is 13.4. The quantitative estimate of drug-likeness (QED) is 0.697. The molecule has 2 rings (SSSR count). The number of sulfonamides is 1. The van der Waals surface area contributed by atoms with Crippen LogP contribution in [0, 0.1) is 29.1 Å². The van der Waals surface area contributed by atoms with E-state index in [-0.39, 0.29) is 6.07 Å². The van der Waals surface area contributed by atoms with Crippen LogP contribution in [0.4, 0.5) is 27.6 Å². The van der Waals surface area contributed by atoms with Gasteiger partial charge in [0.2, 0.25) is 5.03 Å². The van der Waals surface area contributed by atoms with Gasteiger partial charge in [-0.25, -0.2) is 26.9 Å². The molecule has 1 N–H and O–H groups in total. The smallest absolute Gasteiger partial charge is 0.272 e. The third kappa shape index (κ3) is 2.79. The monoisotopic (exact) mass is 324 g/mol. The van der Waals surface area contributed by atoms with Crippen LogP contribution in [0.15, 0.2) is 29.4 Å². The van der Waals surface area contributed by atoms with Crippen LogP contribution in [0.5, 0.6) is 0 Å². The zero-order valence-corrected chi connectivity index (χ0v) is 10.7. The average molecular weight is 324 g/mol. The first-order valence-electron chi connectivity index (χ1n) is 5.20. The Morgan fingerprint density at radius 3 is 2.05 bits per heavy atom. The van der Waals surface area contributed by atoms with Gasteiger partial charge in [0.1, 0.15) is 5.69 Å². The topological polar surface area (TPSA) is 59.1 Å². The van der Waals surface area contributed by atoms with Crippen LogP contribution in [-0.4, -0.2) is 13.4 Å². The number of nitrogens with one attached hydrogen (secondary N) is 1. The van der Waals surface area contributed by atoms with E-state index < -0.39 is 49.8 Å². The highest BCUT2D eigenvalue weighted by Gasteiger charge is 2.27. The van der Waals surface area contributed by atoms with Crippen LogP contribution >= 0.6 is 0 Å². The molecule has 0 aliphatic carbocycles. The molecule has 0 saturated carbocycles. The lowest BCUT2D eigenvalue weighted by molar-refractivity contribution is 0.459. The van der Waals surface area contributed by atoms with Gasteiger partial charge in [0.25, 0.3) is 10.0 Å². The predicted molar refractivity (Wildman–Crippen MR) is 61.3 cm³/mol. The molecule has 0 spiro atoms. The van der Waals surface area contributed by atoms with E-state index in [1.54, 1.807) is 0 Å². The Hall–Kier alpha value is -2.23. The van der Waals surface area contributed by atoms with Crippen molar-refractivity contribution in [3.05, 3.63) is 53.5 Å². The molecule has 112 valence electrons.